The SMILES string of the molecule is CCON(CC)S(C)(=O)=O. The van der Waals surface area contributed by atoms with Gasteiger partial charge in [-0.3, -0.25) is 4.84 Å². The molecule has 0 rings (SSSR count). The fraction of sp³-hybridized carbons (Fsp3) is 1.00. The highest BCUT2D eigenvalue weighted by Crippen LogP contribution is 1.96. The van der Waals surface area contributed by atoms with E-state index in [9.17, 15) is 8.42 Å². The molecule has 0 amide bonds. The zero-order valence-electron chi connectivity index (χ0n) is 6.49. The van der Waals surface area contributed by atoms with E-state index in [1.165, 1.54) is 0 Å². The lowest BCUT2D eigenvalue weighted by Gasteiger charge is -2.15. The molecule has 0 aliphatic carbocycles. The van der Waals surface area contributed by atoms with Crippen molar-refractivity contribution in [2.45, 2.75) is 13.8 Å². The quantitative estimate of drug-likeness (QED) is 0.563. The van der Waals surface area contributed by atoms with E-state index in [4.69, 9.17) is 4.84 Å². The second kappa shape index (κ2) is 3.90. The highest BCUT2D eigenvalue weighted by molar-refractivity contribution is 7.88. The monoisotopic (exact) mass is 167 g/mol. The van der Waals surface area contributed by atoms with Gasteiger partial charge in [-0.05, 0) is 13.8 Å². The van der Waals surface area contributed by atoms with Crippen LogP contribution in [0.3, 0.4) is 0 Å². The van der Waals surface area contributed by atoms with E-state index in [0.717, 1.165) is 10.7 Å². The number of hydrogen-bond donors (Lipinski definition) is 0. The van der Waals surface area contributed by atoms with Crippen LogP contribution >= 0.6 is 0 Å². The van der Waals surface area contributed by atoms with E-state index >= 15 is 0 Å². The van der Waals surface area contributed by atoms with Gasteiger partial charge in [0.05, 0.1) is 12.9 Å². The van der Waals surface area contributed by atoms with Crippen molar-refractivity contribution in [3.05, 3.63) is 0 Å². The average Bonchev–Trinajstić information content (AvgIpc) is 1.80. The summed E-state index contributed by atoms with van der Waals surface area (Å²) in [4.78, 5) is 4.80. The Morgan fingerprint density at radius 3 is 2.00 bits per heavy atom. The van der Waals surface area contributed by atoms with Crippen molar-refractivity contribution in [2.24, 2.45) is 0 Å². The first-order valence-corrected chi connectivity index (χ1v) is 4.97. The fourth-order valence-corrected chi connectivity index (χ4v) is 1.33. The normalized spacial score (nSPS) is 12.4. The number of rotatable bonds is 4. The Morgan fingerprint density at radius 2 is 1.90 bits per heavy atom. The minimum atomic E-state index is -3.17. The van der Waals surface area contributed by atoms with Gasteiger partial charge in [0.2, 0.25) is 10.0 Å². The molecular weight excluding hydrogens is 154 g/mol. The summed E-state index contributed by atoms with van der Waals surface area (Å²) in [6.45, 7) is 4.19. The number of sulfonamides is 1. The second-order valence-electron chi connectivity index (χ2n) is 1.80. The first kappa shape index (κ1) is 9.87. The molecule has 0 saturated heterocycles. The van der Waals surface area contributed by atoms with Crippen LogP contribution < -0.4 is 0 Å². The summed E-state index contributed by atoms with van der Waals surface area (Å²) < 4.78 is 22.5. The Labute approximate surface area is 61.8 Å². The molecule has 0 atom stereocenters. The van der Waals surface area contributed by atoms with Crippen LogP contribution in [0.2, 0.25) is 0 Å². The maximum atomic E-state index is 10.8. The zero-order valence-corrected chi connectivity index (χ0v) is 7.31. The van der Waals surface area contributed by atoms with Crippen molar-refractivity contribution in [2.75, 3.05) is 19.4 Å². The molecule has 0 aliphatic heterocycles. The van der Waals surface area contributed by atoms with Crippen LogP contribution in [0, 0.1) is 0 Å². The molecule has 5 heteroatoms. The molecule has 0 fully saturated rings. The molecule has 0 aliphatic rings. The van der Waals surface area contributed by atoms with Gasteiger partial charge in [-0.2, -0.15) is 0 Å². The summed E-state index contributed by atoms with van der Waals surface area (Å²) in [5.41, 5.74) is 0. The molecule has 0 bridgehead atoms. The van der Waals surface area contributed by atoms with Gasteiger partial charge in [0.15, 0.2) is 0 Å². The van der Waals surface area contributed by atoms with E-state index in [2.05, 4.69) is 0 Å². The first-order chi connectivity index (χ1) is 4.52. The molecule has 62 valence electrons. The lowest BCUT2D eigenvalue weighted by molar-refractivity contribution is -0.0737. The summed E-state index contributed by atoms with van der Waals surface area (Å²) in [5, 5.41) is 0. The molecule has 0 saturated carbocycles. The molecule has 0 heterocycles. The third-order valence-corrected chi connectivity index (χ3v) is 2.00. The van der Waals surface area contributed by atoms with Crippen molar-refractivity contribution < 1.29 is 13.3 Å². The number of hydrogen-bond acceptors (Lipinski definition) is 3. The Morgan fingerprint density at radius 1 is 1.40 bits per heavy atom. The van der Waals surface area contributed by atoms with Crippen molar-refractivity contribution in [1.29, 1.82) is 0 Å². The molecule has 0 aromatic heterocycles. The maximum Gasteiger partial charge on any atom is 0.233 e. The number of hydroxylamine groups is 1. The highest BCUT2D eigenvalue weighted by atomic mass is 32.2. The smallest absolute Gasteiger partial charge is 0.233 e. The Kier molecular flexibility index (Phi) is 3.85. The third kappa shape index (κ3) is 3.14. The predicted octanol–water partition coefficient (Wildman–Crippen LogP) is 0.219. The van der Waals surface area contributed by atoms with E-state index in [0.29, 0.717) is 13.2 Å². The molecule has 0 aromatic carbocycles. The summed E-state index contributed by atoms with van der Waals surface area (Å²) in [6, 6.07) is 0. The Bertz CT molecular complexity index is 175. The van der Waals surface area contributed by atoms with Gasteiger partial charge in [-0.15, -0.1) is 0 Å². The van der Waals surface area contributed by atoms with E-state index in [1.807, 2.05) is 0 Å². The molecule has 0 radical (unpaired) electrons. The zero-order chi connectivity index (χ0) is 8.20. The Balaban J connectivity index is 4.08. The van der Waals surface area contributed by atoms with Crippen molar-refractivity contribution >= 4 is 10.0 Å². The fourth-order valence-electron chi connectivity index (χ4n) is 0.566. The highest BCUT2D eigenvalue weighted by Gasteiger charge is 2.13. The molecule has 0 N–H and O–H groups in total. The molecule has 0 unspecified atom stereocenters. The molecule has 10 heavy (non-hydrogen) atoms. The van der Waals surface area contributed by atoms with Crippen molar-refractivity contribution in [1.82, 2.24) is 4.47 Å². The van der Waals surface area contributed by atoms with Gasteiger partial charge in [-0.25, -0.2) is 8.42 Å². The van der Waals surface area contributed by atoms with Crippen molar-refractivity contribution in [3.8, 4) is 0 Å². The van der Waals surface area contributed by atoms with Crippen LogP contribution in [0.25, 0.3) is 0 Å². The summed E-state index contributed by atoms with van der Waals surface area (Å²) in [5.74, 6) is 0. The van der Waals surface area contributed by atoms with E-state index in [1.54, 1.807) is 13.8 Å². The third-order valence-electron chi connectivity index (χ3n) is 0.901. The van der Waals surface area contributed by atoms with Crippen LogP contribution in [0.1, 0.15) is 13.8 Å². The molecular formula is C5H13NO3S. The van der Waals surface area contributed by atoms with Crippen LogP contribution in [-0.4, -0.2) is 32.3 Å². The topological polar surface area (TPSA) is 46.6 Å². The average molecular weight is 167 g/mol. The molecule has 0 spiro atoms. The van der Waals surface area contributed by atoms with Crippen LogP contribution in [0.15, 0.2) is 0 Å². The summed E-state index contributed by atoms with van der Waals surface area (Å²) in [7, 11) is -3.17. The molecule has 4 nitrogen and oxygen atoms in total. The maximum absolute atomic E-state index is 10.8. The largest absolute Gasteiger partial charge is 0.285 e. The van der Waals surface area contributed by atoms with Crippen molar-refractivity contribution in [3.63, 3.8) is 0 Å². The van der Waals surface area contributed by atoms with Crippen LogP contribution in [-0.2, 0) is 14.9 Å². The van der Waals surface area contributed by atoms with E-state index in [-0.39, 0.29) is 0 Å². The van der Waals surface area contributed by atoms with Gasteiger partial charge >= 0.3 is 0 Å². The number of nitrogens with zero attached hydrogens (tertiary/aromatic N) is 1. The summed E-state index contributed by atoms with van der Waals surface area (Å²) in [6.07, 6.45) is 1.12. The van der Waals surface area contributed by atoms with Gasteiger partial charge in [-0.1, -0.05) is 4.47 Å². The second-order valence-corrected chi connectivity index (χ2v) is 3.67. The van der Waals surface area contributed by atoms with E-state index < -0.39 is 10.0 Å². The summed E-state index contributed by atoms with van der Waals surface area (Å²) >= 11 is 0. The minimum Gasteiger partial charge on any atom is -0.285 e. The van der Waals surface area contributed by atoms with Crippen LogP contribution in [0.4, 0.5) is 0 Å². The van der Waals surface area contributed by atoms with Crippen LogP contribution in [0.5, 0.6) is 0 Å². The standard InChI is InChI=1S/C5H13NO3S/c1-4-6(9-5-2)10(3,7)8/h4-5H2,1-3H3. The lowest BCUT2D eigenvalue weighted by Crippen LogP contribution is -2.29. The minimum absolute atomic E-state index is 0.354. The van der Waals surface area contributed by atoms with Gasteiger partial charge in [0.1, 0.15) is 0 Å². The predicted molar refractivity (Wildman–Crippen MR) is 38.8 cm³/mol. The van der Waals surface area contributed by atoms with Gasteiger partial charge in [0, 0.05) is 6.54 Å². The van der Waals surface area contributed by atoms with Gasteiger partial charge in [0.25, 0.3) is 0 Å². The van der Waals surface area contributed by atoms with Gasteiger partial charge < -0.3 is 0 Å². The first-order valence-electron chi connectivity index (χ1n) is 3.13. The Hall–Kier alpha value is -0.130. The lowest BCUT2D eigenvalue weighted by atomic mass is 10.8. The molecule has 0 aromatic rings.